The van der Waals surface area contributed by atoms with Gasteiger partial charge in [0.25, 0.3) is 0 Å². The maximum absolute atomic E-state index is 11.5. The highest BCUT2D eigenvalue weighted by atomic mass is 16.5. The number of anilines is 1. The van der Waals surface area contributed by atoms with Crippen molar-refractivity contribution in [1.82, 2.24) is 0 Å². The van der Waals surface area contributed by atoms with Gasteiger partial charge in [-0.15, -0.1) is 0 Å². The molecule has 0 bridgehead atoms. The molecule has 3 nitrogen and oxygen atoms in total. The van der Waals surface area contributed by atoms with Crippen LogP contribution in [0, 0.1) is 0 Å². The van der Waals surface area contributed by atoms with E-state index in [0.717, 1.165) is 12.1 Å². The van der Waals surface area contributed by atoms with Crippen molar-refractivity contribution in [3.8, 4) is 0 Å². The minimum atomic E-state index is -0.325. The number of carbonyl (C=O) groups excluding carboxylic acids is 1. The molecule has 1 aromatic rings. The minimum absolute atomic E-state index is 0.325. The van der Waals surface area contributed by atoms with Crippen molar-refractivity contribution in [3.63, 3.8) is 0 Å². The normalized spacial score (nSPS) is 9.94. The van der Waals surface area contributed by atoms with Crippen LogP contribution in [0.3, 0.4) is 0 Å². The first-order valence-electron chi connectivity index (χ1n) is 6.23. The molecule has 0 amide bonds. The zero-order chi connectivity index (χ0) is 13.5. The highest BCUT2D eigenvalue weighted by molar-refractivity contribution is 5.88. The lowest BCUT2D eigenvalue weighted by molar-refractivity contribution is -0.138. The summed E-state index contributed by atoms with van der Waals surface area (Å²) < 4.78 is 4.91. The summed E-state index contributed by atoms with van der Waals surface area (Å²) >= 11 is 0. The first-order valence-corrected chi connectivity index (χ1v) is 6.23. The van der Waals surface area contributed by atoms with Gasteiger partial charge in [-0.05, 0) is 31.0 Å². The maximum atomic E-state index is 11.5. The Morgan fingerprint density at radius 1 is 1.28 bits per heavy atom. The van der Waals surface area contributed by atoms with Crippen LogP contribution in [0.15, 0.2) is 36.4 Å². The Kier molecular flexibility index (Phi) is 5.43. The molecule has 0 unspecified atom stereocenters. The molecule has 98 valence electrons. The van der Waals surface area contributed by atoms with E-state index in [4.69, 9.17) is 4.74 Å². The van der Waals surface area contributed by atoms with Crippen LogP contribution in [-0.2, 0) is 16.0 Å². The molecule has 0 spiro atoms. The van der Waals surface area contributed by atoms with E-state index in [1.807, 2.05) is 11.9 Å². The van der Waals surface area contributed by atoms with Crippen molar-refractivity contribution in [2.75, 3.05) is 25.1 Å². The number of benzene rings is 1. The molecule has 0 radical (unpaired) electrons. The second kappa shape index (κ2) is 6.84. The van der Waals surface area contributed by atoms with Crippen molar-refractivity contribution in [3.05, 3.63) is 42.0 Å². The van der Waals surface area contributed by atoms with E-state index in [9.17, 15) is 4.79 Å². The number of nitrogens with zero attached hydrogens (tertiary/aromatic N) is 1. The molecule has 3 heteroatoms. The van der Waals surface area contributed by atoms with Gasteiger partial charge in [0.1, 0.15) is 0 Å². The Morgan fingerprint density at radius 3 is 2.39 bits per heavy atom. The van der Waals surface area contributed by atoms with Crippen LogP contribution in [0.5, 0.6) is 0 Å². The quantitative estimate of drug-likeness (QED) is 0.572. The van der Waals surface area contributed by atoms with E-state index in [-0.39, 0.29) is 5.97 Å². The molecule has 0 aliphatic heterocycles. The SMILES string of the molecule is C=C(CN(C)c1ccc(CC)cc1)C(=O)OCC. The molecule has 0 saturated heterocycles. The average molecular weight is 247 g/mol. The lowest BCUT2D eigenvalue weighted by atomic mass is 10.1. The molecular formula is C15H21NO2. The average Bonchev–Trinajstić information content (AvgIpc) is 2.39. The summed E-state index contributed by atoms with van der Waals surface area (Å²) in [7, 11) is 1.94. The lowest BCUT2D eigenvalue weighted by Crippen LogP contribution is -2.24. The Hall–Kier alpha value is -1.77. The monoisotopic (exact) mass is 247 g/mol. The predicted molar refractivity (Wildman–Crippen MR) is 74.9 cm³/mol. The number of hydrogen-bond acceptors (Lipinski definition) is 3. The van der Waals surface area contributed by atoms with Crippen LogP contribution in [-0.4, -0.2) is 26.2 Å². The molecule has 18 heavy (non-hydrogen) atoms. The van der Waals surface area contributed by atoms with E-state index in [0.29, 0.717) is 18.7 Å². The smallest absolute Gasteiger partial charge is 0.335 e. The zero-order valence-electron chi connectivity index (χ0n) is 11.4. The van der Waals surface area contributed by atoms with E-state index in [1.54, 1.807) is 6.92 Å². The van der Waals surface area contributed by atoms with Gasteiger partial charge < -0.3 is 9.64 Å². The summed E-state index contributed by atoms with van der Waals surface area (Å²) in [6.45, 7) is 8.53. The molecule has 0 aliphatic rings. The largest absolute Gasteiger partial charge is 0.463 e. The first kappa shape index (κ1) is 14.3. The zero-order valence-corrected chi connectivity index (χ0v) is 11.4. The fourth-order valence-corrected chi connectivity index (χ4v) is 1.66. The van der Waals surface area contributed by atoms with Crippen molar-refractivity contribution in [1.29, 1.82) is 0 Å². The Balaban J connectivity index is 2.61. The van der Waals surface area contributed by atoms with Crippen LogP contribution >= 0.6 is 0 Å². The van der Waals surface area contributed by atoms with Crippen LogP contribution in [0.4, 0.5) is 5.69 Å². The summed E-state index contributed by atoms with van der Waals surface area (Å²) in [5, 5.41) is 0. The third-order valence-electron chi connectivity index (χ3n) is 2.78. The highest BCUT2D eigenvalue weighted by Gasteiger charge is 2.10. The van der Waals surface area contributed by atoms with Gasteiger partial charge in [-0.3, -0.25) is 0 Å². The van der Waals surface area contributed by atoms with Gasteiger partial charge >= 0.3 is 5.97 Å². The van der Waals surface area contributed by atoms with Gasteiger partial charge in [-0.1, -0.05) is 25.6 Å². The summed E-state index contributed by atoms with van der Waals surface area (Å²) in [5.41, 5.74) is 2.84. The minimum Gasteiger partial charge on any atom is -0.463 e. The van der Waals surface area contributed by atoms with Crippen molar-refractivity contribution in [2.24, 2.45) is 0 Å². The van der Waals surface area contributed by atoms with Crippen LogP contribution in [0.25, 0.3) is 0 Å². The molecule has 0 fully saturated rings. The third-order valence-corrected chi connectivity index (χ3v) is 2.78. The van der Waals surface area contributed by atoms with Gasteiger partial charge in [0.05, 0.1) is 6.61 Å². The third kappa shape index (κ3) is 3.91. The number of esters is 1. The van der Waals surface area contributed by atoms with E-state index >= 15 is 0 Å². The molecule has 0 N–H and O–H groups in total. The lowest BCUT2D eigenvalue weighted by Gasteiger charge is -2.20. The number of ether oxygens (including phenoxy) is 1. The van der Waals surface area contributed by atoms with Gasteiger partial charge in [-0.2, -0.15) is 0 Å². The van der Waals surface area contributed by atoms with Crippen LogP contribution in [0.2, 0.25) is 0 Å². The van der Waals surface area contributed by atoms with Gasteiger partial charge in [-0.25, -0.2) is 4.79 Å². The Morgan fingerprint density at radius 2 is 1.89 bits per heavy atom. The van der Waals surface area contributed by atoms with Crippen molar-refractivity contribution in [2.45, 2.75) is 20.3 Å². The first-order chi connectivity index (χ1) is 8.58. The molecule has 1 aromatic carbocycles. The Labute approximate surface area is 109 Å². The summed E-state index contributed by atoms with van der Waals surface area (Å²) in [4.78, 5) is 13.4. The molecule has 0 heterocycles. The summed E-state index contributed by atoms with van der Waals surface area (Å²) in [6, 6.07) is 8.30. The highest BCUT2D eigenvalue weighted by Crippen LogP contribution is 2.15. The topological polar surface area (TPSA) is 29.5 Å². The van der Waals surface area contributed by atoms with Crippen molar-refractivity contribution >= 4 is 11.7 Å². The van der Waals surface area contributed by atoms with E-state index in [2.05, 4.69) is 37.8 Å². The molecular weight excluding hydrogens is 226 g/mol. The molecule has 0 atom stereocenters. The van der Waals surface area contributed by atoms with Gasteiger partial charge in [0.2, 0.25) is 0 Å². The summed E-state index contributed by atoms with van der Waals surface area (Å²) in [5.74, 6) is -0.325. The number of likely N-dealkylation sites (N-methyl/N-ethyl adjacent to an activating group) is 1. The molecule has 0 aromatic heterocycles. The fraction of sp³-hybridized carbons (Fsp3) is 0.400. The molecule has 0 saturated carbocycles. The second-order valence-electron chi connectivity index (χ2n) is 4.20. The van der Waals surface area contributed by atoms with E-state index in [1.165, 1.54) is 5.56 Å². The van der Waals surface area contributed by atoms with Crippen molar-refractivity contribution < 1.29 is 9.53 Å². The second-order valence-corrected chi connectivity index (χ2v) is 4.20. The van der Waals surface area contributed by atoms with Crippen LogP contribution < -0.4 is 4.90 Å². The number of aryl methyl sites for hydroxylation is 1. The Bertz CT molecular complexity index is 409. The fourth-order valence-electron chi connectivity index (χ4n) is 1.66. The van der Waals surface area contributed by atoms with Gasteiger partial charge in [0, 0.05) is 24.9 Å². The standard InChI is InChI=1S/C15H21NO2/c1-5-13-7-9-14(10-8-13)16(4)11-12(3)15(17)18-6-2/h7-10H,3,5-6,11H2,1-2,4H3. The summed E-state index contributed by atoms with van der Waals surface area (Å²) in [6.07, 6.45) is 1.03. The molecule has 0 aliphatic carbocycles. The van der Waals surface area contributed by atoms with Gasteiger partial charge in [0.15, 0.2) is 0 Å². The number of rotatable bonds is 6. The van der Waals surface area contributed by atoms with Crippen LogP contribution in [0.1, 0.15) is 19.4 Å². The maximum Gasteiger partial charge on any atom is 0.335 e. The predicted octanol–water partition coefficient (Wildman–Crippen LogP) is 2.80. The molecule has 1 rings (SSSR count). The van der Waals surface area contributed by atoms with E-state index < -0.39 is 0 Å². The number of carbonyl (C=O) groups is 1. The number of hydrogen-bond donors (Lipinski definition) is 0.